The maximum absolute atomic E-state index is 12.1. The summed E-state index contributed by atoms with van der Waals surface area (Å²) in [5, 5.41) is 0. The summed E-state index contributed by atoms with van der Waals surface area (Å²) in [6, 6.07) is 13.2. The van der Waals surface area contributed by atoms with Gasteiger partial charge in [-0.3, -0.25) is 0 Å². The number of sulfonamides is 1. The second-order valence-electron chi connectivity index (χ2n) is 5.24. The highest BCUT2D eigenvalue weighted by molar-refractivity contribution is 7.89. The lowest BCUT2D eigenvalue weighted by atomic mass is 10.2. The molecule has 0 N–H and O–H groups in total. The molecule has 0 radical (unpaired) electrons. The fourth-order valence-electron chi connectivity index (χ4n) is 2.00. The molecule has 2 aromatic carbocycles. The first-order valence-corrected chi connectivity index (χ1v) is 8.61. The molecule has 0 heterocycles. The molecule has 0 unspecified atom stereocenters. The Morgan fingerprint density at radius 1 is 1.08 bits per heavy atom. The standard InChI is InChI=1S/C17H19NO5S/c1-18(2)24(20,21)16-9-4-6-13(10-16)12-23-15-8-5-7-14(11-15)17(19)22-3/h4-11H,12H2,1-3H3. The zero-order valence-electron chi connectivity index (χ0n) is 13.7. The third-order valence-electron chi connectivity index (χ3n) is 3.34. The minimum absolute atomic E-state index is 0.182. The highest BCUT2D eigenvalue weighted by atomic mass is 32.2. The average Bonchev–Trinajstić information content (AvgIpc) is 2.59. The summed E-state index contributed by atoms with van der Waals surface area (Å²) in [7, 11) is 0.791. The molecule has 0 atom stereocenters. The molecule has 24 heavy (non-hydrogen) atoms. The van der Waals surface area contributed by atoms with Gasteiger partial charge in [0.15, 0.2) is 0 Å². The van der Waals surface area contributed by atoms with E-state index in [0.29, 0.717) is 16.9 Å². The number of benzene rings is 2. The summed E-state index contributed by atoms with van der Waals surface area (Å²) in [5.74, 6) is 0.0540. The molecule has 2 rings (SSSR count). The van der Waals surface area contributed by atoms with Crippen LogP contribution in [0.25, 0.3) is 0 Å². The first-order chi connectivity index (χ1) is 11.3. The molecular formula is C17H19NO5S. The smallest absolute Gasteiger partial charge is 0.337 e. The highest BCUT2D eigenvalue weighted by Gasteiger charge is 2.17. The van der Waals surface area contributed by atoms with Gasteiger partial charge in [0.25, 0.3) is 0 Å². The van der Waals surface area contributed by atoms with E-state index < -0.39 is 16.0 Å². The molecule has 0 fully saturated rings. The number of methoxy groups -OCH3 is 1. The van der Waals surface area contributed by atoms with Gasteiger partial charge in [0.1, 0.15) is 12.4 Å². The first kappa shape index (κ1) is 18.0. The Labute approximate surface area is 141 Å². The lowest BCUT2D eigenvalue weighted by Gasteiger charge is -2.13. The van der Waals surface area contributed by atoms with Gasteiger partial charge in [0.05, 0.1) is 17.6 Å². The Morgan fingerprint density at radius 3 is 2.46 bits per heavy atom. The molecule has 0 spiro atoms. The van der Waals surface area contributed by atoms with Crippen molar-refractivity contribution in [2.75, 3.05) is 21.2 Å². The minimum atomic E-state index is -3.49. The fraction of sp³-hybridized carbons (Fsp3) is 0.235. The van der Waals surface area contributed by atoms with Crippen molar-refractivity contribution >= 4 is 16.0 Å². The Bertz CT molecular complexity index is 830. The van der Waals surface area contributed by atoms with Crippen LogP contribution in [0.3, 0.4) is 0 Å². The number of nitrogens with zero attached hydrogens (tertiary/aromatic N) is 1. The normalized spacial score (nSPS) is 11.3. The topological polar surface area (TPSA) is 72.9 Å². The molecule has 7 heteroatoms. The molecule has 0 bridgehead atoms. The van der Waals surface area contributed by atoms with Crippen LogP contribution in [-0.2, 0) is 21.4 Å². The van der Waals surface area contributed by atoms with E-state index in [1.165, 1.54) is 27.3 Å². The van der Waals surface area contributed by atoms with E-state index in [1.54, 1.807) is 42.5 Å². The van der Waals surface area contributed by atoms with E-state index in [4.69, 9.17) is 4.74 Å². The van der Waals surface area contributed by atoms with Crippen LogP contribution in [0.4, 0.5) is 0 Å². The summed E-state index contributed by atoms with van der Waals surface area (Å²) >= 11 is 0. The zero-order chi connectivity index (χ0) is 17.7. The van der Waals surface area contributed by atoms with Crippen LogP contribution in [0, 0.1) is 0 Å². The zero-order valence-corrected chi connectivity index (χ0v) is 14.5. The van der Waals surface area contributed by atoms with Crippen molar-refractivity contribution in [3.05, 3.63) is 59.7 Å². The van der Waals surface area contributed by atoms with Gasteiger partial charge in [-0.15, -0.1) is 0 Å². The maximum atomic E-state index is 12.1. The fourth-order valence-corrected chi connectivity index (χ4v) is 2.98. The first-order valence-electron chi connectivity index (χ1n) is 7.17. The van der Waals surface area contributed by atoms with Crippen molar-refractivity contribution < 1.29 is 22.7 Å². The molecule has 2 aromatic rings. The second kappa shape index (κ2) is 7.46. The minimum Gasteiger partial charge on any atom is -0.489 e. The lowest BCUT2D eigenvalue weighted by molar-refractivity contribution is 0.0600. The van der Waals surface area contributed by atoms with Gasteiger partial charge in [0, 0.05) is 14.1 Å². The van der Waals surface area contributed by atoms with Crippen molar-refractivity contribution in [1.29, 1.82) is 0 Å². The monoisotopic (exact) mass is 349 g/mol. The van der Waals surface area contributed by atoms with E-state index in [0.717, 1.165) is 4.31 Å². The molecule has 0 aliphatic heterocycles. The number of carbonyl (C=O) groups is 1. The summed E-state index contributed by atoms with van der Waals surface area (Å²) in [4.78, 5) is 11.7. The number of carbonyl (C=O) groups excluding carboxylic acids is 1. The van der Waals surface area contributed by atoms with E-state index in [1.807, 2.05) is 0 Å². The molecule has 0 aliphatic carbocycles. The van der Waals surface area contributed by atoms with E-state index >= 15 is 0 Å². The number of rotatable bonds is 6. The molecular weight excluding hydrogens is 330 g/mol. The number of esters is 1. The molecule has 0 aromatic heterocycles. The van der Waals surface area contributed by atoms with E-state index in [9.17, 15) is 13.2 Å². The van der Waals surface area contributed by atoms with Gasteiger partial charge in [-0.1, -0.05) is 18.2 Å². The van der Waals surface area contributed by atoms with Crippen LogP contribution in [-0.4, -0.2) is 39.9 Å². The Morgan fingerprint density at radius 2 is 1.79 bits per heavy atom. The SMILES string of the molecule is COC(=O)c1cccc(OCc2cccc(S(=O)(=O)N(C)C)c2)c1. The Hall–Kier alpha value is -2.38. The lowest BCUT2D eigenvalue weighted by Crippen LogP contribution is -2.22. The third-order valence-corrected chi connectivity index (χ3v) is 5.15. The van der Waals surface area contributed by atoms with Crippen LogP contribution in [0.5, 0.6) is 5.75 Å². The molecule has 0 saturated heterocycles. The number of hydrogen-bond acceptors (Lipinski definition) is 5. The number of ether oxygens (including phenoxy) is 2. The van der Waals surface area contributed by atoms with Gasteiger partial charge in [-0.05, 0) is 35.9 Å². The highest BCUT2D eigenvalue weighted by Crippen LogP contribution is 2.18. The van der Waals surface area contributed by atoms with Crippen molar-refractivity contribution in [3.63, 3.8) is 0 Å². The predicted octanol–water partition coefficient (Wildman–Crippen LogP) is 2.30. The van der Waals surface area contributed by atoms with Crippen LogP contribution in [0.1, 0.15) is 15.9 Å². The molecule has 6 nitrogen and oxygen atoms in total. The summed E-state index contributed by atoms with van der Waals surface area (Å²) < 4.78 is 35.8. The summed E-state index contributed by atoms with van der Waals surface area (Å²) in [6.07, 6.45) is 0. The maximum Gasteiger partial charge on any atom is 0.337 e. The quantitative estimate of drug-likeness (QED) is 0.748. The van der Waals surface area contributed by atoms with Gasteiger partial charge >= 0.3 is 5.97 Å². The van der Waals surface area contributed by atoms with Gasteiger partial charge in [-0.25, -0.2) is 17.5 Å². The van der Waals surface area contributed by atoms with Crippen LogP contribution in [0.2, 0.25) is 0 Å². The largest absolute Gasteiger partial charge is 0.489 e. The summed E-state index contributed by atoms with van der Waals surface area (Å²) in [6.45, 7) is 0.182. The van der Waals surface area contributed by atoms with Gasteiger partial charge < -0.3 is 9.47 Å². The van der Waals surface area contributed by atoms with E-state index in [-0.39, 0.29) is 11.5 Å². The van der Waals surface area contributed by atoms with Crippen LogP contribution < -0.4 is 4.74 Å². The van der Waals surface area contributed by atoms with Crippen molar-refractivity contribution in [1.82, 2.24) is 4.31 Å². The van der Waals surface area contributed by atoms with Crippen molar-refractivity contribution in [2.24, 2.45) is 0 Å². The van der Waals surface area contributed by atoms with Crippen molar-refractivity contribution in [3.8, 4) is 5.75 Å². The number of hydrogen-bond donors (Lipinski definition) is 0. The van der Waals surface area contributed by atoms with Gasteiger partial charge in [-0.2, -0.15) is 0 Å². The Balaban J connectivity index is 2.15. The van der Waals surface area contributed by atoms with Crippen LogP contribution >= 0.6 is 0 Å². The van der Waals surface area contributed by atoms with Crippen LogP contribution in [0.15, 0.2) is 53.4 Å². The third kappa shape index (κ3) is 4.12. The second-order valence-corrected chi connectivity index (χ2v) is 7.39. The van der Waals surface area contributed by atoms with E-state index in [2.05, 4.69) is 4.74 Å². The molecule has 0 aliphatic rings. The van der Waals surface area contributed by atoms with Gasteiger partial charge in [0.2, 0.25) is 10.0 Å². The average molecular weight is 349 g/mol. The molecule has 0 amide bonds. The summed E-state index contributed by atoms with van der Waals surface area (Å²) in [5.41, 5.74) is 1.10. The van der Waals surface area contributed by atoms with Crippen molar-refractivity contribution in [2.45, 2.75) is 11.5 Å². The predicted molar refractivity (Wildman–Crippen MR) is 89.4 cm³/mol. The molecule has 128 valence electrons. The molecule has 0 saturated carbocycles. The Kier molecular flexibility index (Phi) is 5.58.